The number of piperidine rings is 1. The molecule has 0 radical (unpaired) electrons. The van der Waals surface area contributed by atoms with Crippen LogP contribution in [-0.2, 0) is 22.7 Å². The Labute approximate surface area is 176 Å². The molecule has 1 N–H and O–H groups in total. The minimum atomic E-state index is -0.783. The lowest BCUT2D eigenvalue weighted by Crippen LogP contribution is -2.44. The van der Waals surface area contributed by atoms with Gasteiger partial charge in [-0.15, -0.1) is 5.10 Å². The third kappa shape index (κ3) is 5.51. The van der Waals surface area contributed by atoms with Crippen LogP contribution in [0.3, 0.4) is 0 Å². The number of nitrogens with zero attached hydrogens (tertiary/aromatic N) is 5. The van der Waals surface area contributed by atoms with Gasteiger partial charge in [-0.25, -0.2) is 0 Å². The quantitative estimate of drug-likeness (QED) is 0.718. The first kappa shape index (κ1) is 20.7. The van der Waals surface area contributed by atoms with E-state index < -0.39 is 5.97 Å². The number of hydrogen-bond donors (Lipinski definition) is 1. The molecule has 0 spiro atoms. The number of rotatable bonds is 7. The van der Waals surface area contributed by atoms with Crippen molar-refractivity contribution in [2.45, 2.75) is 68.5 Å². The molecule has 29 heavy (non-hydrogen) atoms. The van der Waals surface area contributed by atoms with Crippen molar-refractivity contribution >= 4 is 23.6 Å². The van der Waals surface area contributed by atoms with Gasteiger partial charge in [-0.05, 0) is 51.6 Å². The Morgan fingerprint density at radius 3 is 2.69 bits per heavy atom. The predicted octanol–water partition coefficient (Wildman–Crippen LogP) is 1.85. The SMILES string of the molecule is O=C(O)CCCn1cc(CN2CCC(C(=O)N3CCC4CCC(C3)S4)CC2)nn1. The van der Waals surface area contributed by atoms with Crippen LogP contribution in [0.5, 0.6) is 0 Å². The van der Waals surface area contributed by atoms with Crippen molar-refractivity contribution in [3.63, 3.8) is 0 Å². The number of amides is 1. The van der Waals surface area contributed by atoms with Crippen molar-refractivity contribution < 1.29 is 14.7 Å². The van der Waals surface area contributed by atoms with Gasteiger partial charge in [0.2, 0.25) is 5.91 Å². The molecule has 3 aliphatic heterocycles. The Hall–Kier alpha value is -1.61. The van der Waals surface area contributed by atoms with Crippen LogP contribution < -0.4 is 0 Å². The maximum absolute atomic E-state index is 13.0. The second-order valence-corrected chi connectivity index (χ2v) is 10.2. The van der Waals surface area contributed by atoms with E-state index in [1.807, 2.05) is 6.20 Å². The number of aryl methyl sites for hydroxylation is 1. The molecule has 4 rings (SSSR count). The molecule has 160 valence electrons. The number of thioether (sulfide) groups is 1. The van der Waals surface area contributed by atoms with Crippen molar-refractivity contribution in [2.75, 3.05) is 26.2 Å². The maximum atomic E-state index is 13.0. The number of carboxylic acid groups (broad SMARTS) is 1. The van der Waals surface area contributed by atoms with E-state index in [2.05, 4.69) is 31.9 Å². The molecule has 3 saturated heterocycles. The van der Waals surface area contributed by atoms with Gasteiger partial charge in [0.15, 0.2) is 0 Å². The van der Waals surface area contributed by atoms with E-state index in [9.17, 15) is 9.59 Å². The molecule has 8 nitrogen and oxygen atoms in total. The van der Waals surface area contributed by atoms with Gasteiger partial charge in [0.25, 0.3) is 0 Å². The van der Waals surface area contributed by atoms with E-state index in [4.69, 9.17) is 5.11 Å². The molecular formula is C20H31N5O3S. The zero-order valence-electron chi connectivity index (χ0n) is 16.9. The summed E-state index contributed by atoms with van der Waals surface area (Å²) < 4.78 is 1.72. The Kier molecular flexibility index (Phi) is 6.74. The lowest BCUT2D eigenvalue weighted by atomic mass is 9.94. The first-order valence-electron chi connectivity index (χ1n) is 10.8. The minimum absolute atomic E-state index is 0.147. The van der Waals surface area contributed by atoms with E-state index >= 15 is 0 Å². The summed E-state index contributed by atoms with van der Waals surface area (Å²) in [5, 5.41) is 18.5. The van der Waals surface area contributed by atoms with E-state index in [0.717, 1.165) is 62.9 Å². The number of carbonyl (C=O) groups is 2. The second kappa shape index (κ2) is 9.47. The molecule has 2 unspecified atom stereocenters. The van der Waals surface area contributed by atoms with Gasteiger partial charge in [0.1, 0.15) is 0 Å². The molecule has 2 atom stereocenters. The molecule has 1 amide bonds. The largest absolute Gasteiger partial charge is 0.481 e. The number of aliphatic carboxylic acids is 1. The van der Waals surface area contributed by atoms with Gasteiger partial charge in [-0.2, -0.15) is 11.8 Å². The first-order valence-corrected chi connectivity index (χ1v) is 11.8. The standard InChI is InChI=1S/C20H31N5O3S/c26-19(27)2-1-8-25-13-16(21-22-25)12-23-9-5-15(6-10-23)20(28)24-11-7-17-3-4-18(14-24)29-17/h13,15,17-18H,1-12,14H2,(H,26,27). The molecule has 1 aromatic heterocycles. The van der Waals surface area contributed by atoms with Crippen molar-refractivity contribution in [3.05, 3.63) is 11.9 Å². The Morgan fingerprint density at radius 2 is 1.90 bits per heavy atom. The Morgan fingerprint density at radius 1 is 1.10 bits per heavy atom. The summed E-state index contributed by atoms with van der Waals surface area (Å²) in [6.07, 6.45) is 8.22. The zero-order chi connectivity index (χ0) is 20.2. The predicted molar refractivity (Wildman–Crippen MR) is 110 cm³/mol. The molecule has 3 aliphatic rings. The highest BCUT2D eigenvalue weighted by Gasteiger charge is 2.35. The average molecular weight is 422 g/mol. The van der Waals surface area contributed by atoms with Crippen LogP contribution in [0.4, 0.5) is 0 Å². The summed E-state index contributed by atoms with van der Waals surface area (Å²) in [6, 6.07) is 0. The van der Waals surface area contributed by atoms with Gasteiger partial charge < -0.3 is 10.0 Å². The number of carbonyl (C=O) groups excluding carboxylic acids is 1. The highest BCUT2D eigenvalue weighted by atomic mass is 32.2. The van der Waals surface area contributed by atoms with Crippen LogP contribution in [-0.4, -0.2) is 78.5 Å². The lowest BCUT2D eigenvalue weighted by Gasteiger charge is -2.34. The van der Waals surface area contributed by atoms with E-state index in [1.54, 1.807) is 4.68 Å². The molecular weight excluding hydrogens is 390 g/mol. The average Bonchev–Trinajstić information content (AvgIpc) is 3.27. The molecule has 3 fully saturated rings. The van der Waals surface area contributed by atoms with Gasteiger partial charge in [0, 0.05) is 55.2 Å². The fraction of sp³-hybridized carbons (Fsp3) is 0.800. The van der Waals surface area contributed by atoms with Crippen LogP contribution >= 0.6 is 11.8 Å². The number of aromatic nitrogens is 3. The van der Waals surface area contributed by atoms with Crippen molar-refractivity contribution in [1.82, 2.24) is 24.8 Å². The number of carboxylic acids is 1. The van der Waals surface area contributed by atoms with Crippen molar-refractivity contribution in [2.24, 2.45) is 5.92 Å². The van der Waals surface area contributed by atoms with Crippen LogP contribution in [0.2, 0.25) is 0 Å². The fourth-order valence-corrected chi connectivity index (χ4v) is 6.30. The third-order valence-corrected chi connectivity index (χ3v) is 7.96. The van der Waals surface area contributed by atoms with Gasteiger partial charge in [-0.1, -0.05) is 5.21 Å². The van der Waals surface area contributed by atoms with E-state index in [1.165, 1.54) is 12.8 Å². The molecule has 0 aliphatic carbocycles. The highest BCUT2D eigenvalue weighted by molar-refractivity contribution is 8.00. The van der Waals surface area contributed by atoms with Gasteiger partial charge in [-0.3, -0.25) is 19.2 Å². The van der Waals surface area contributed by atoms with Crippen molar-refractivity contribution in [3.8, 4) is 0 Å². The highest BCUT2D eigenvalue weighted by Crippen LogP contribution is 2.39. The summed E-state index contributed by atoms with van der Waals surface area (Å²) in [5.74, 6) is -0.240. The van der Waals surface area contributed by atoms with E-state index in [-0.39, 0.29) is 12.3 Å². The topological polar surface area (TPSA) is 91.6 Å². The normalized spacial score (nSPS) is 25.9. The molecule has 4 heterocycles. The number of likely N-dealkylation sites (tertiary alicyclic amines) is 2. The molecule has 1 aromatic rings. The molecule has 2 bridgehead atoms. The lowest BCUT2D eigenvalue weighted by molar-refractivity contribution is -0.138. The van der Waals surface area contributed by atoms with Crippen molar-refractivity contribution in [1.29, 1.82) is 0 Å². The summed E-state index contributed by atoms with van der Waals surface area (Å²) in [6.45, 7) is 5.03. The summed E-state index contributed by atoms with van der Waals surface area (Å²) >= 11 is 2.10. The maximum Gasteiger partial charge on any atom is 0.303 e. The van der Waals surface area contributed by atoms with Crippen LogP contribution in [0.15, 0.2) is 6.20 Å². The fourth-order valence-electron chi connectivity index (χ4n) is 4.70. The molecule has 0 saturated carbocycles. The van der Waals surface area contributed by atoms with Crippen LogP contribution in [0, 0.1) is 5.92 Å². The number of hydrogen-bond acceptors (Lipinski definition) is 6. The van der Waals surface area contributed by atoms with Crippen LogP contribution in [0.1, 0.15) is 50.6 Å². The van der Waals surface area contributed by atoms with Gasteiger partial charge in [0.05, 0.1) is 5.69 Å². The Bertz CT molecular complexity index is 719. The Balaban J connectivity index is 1.21. The van der Waals surface area contributed by atoms with Crippen LogP contribution in [0.25, 0.3) is 0 Å². The zero-order valence-corrected chi connectivity index (χ0v) is 17.7. The third-order valence-electron chi connectivity index (χ3n) is 6.34. The summed E-state index contributed by atoms with van der Waals surface area (Å²) in [4.78, 5) is 28.1. The minimum Gasteiger partial charge on any atom is -0.481 e. The van der Waals surface area contributed by atoms with Gasteiger partial charge >= 0.3 is 5.97 Å². The smallest absolute Gasteiger partial charge is 0.303 e. The monoisotopic (exact) mass is 421 g/mol. The van der Waals surface area contributed by atoms with E-state index in [0.29, 0.717) is 24.1 Å². The molecule has 9 heteroatoms. The summed E-state index contributed by atoms with van der Waals surface area (Å²) in [7, 11) is 0. The molecule has 0 aromatic carbocycles. The summed E-state index contributed by atoms with van der Waals surface area (Å²) in [5.41, 5.74) is 0.908. The number of fused-ring (bicyclic) bond motifs is 2. The second-order valence-electron chi connectivity index (χ2n) is 8.55. The first-order chi connectivity index (χ1) is 14.1.